The number of fused-ring (bicyclic) bond motifs is 1. The summed E-state index contributed by atoms with van der Waals surface area (Å²) >= 11 is 0. The number of nitrogens with zero attached hydrogens (tertiary/aromatic N) is 4. The molecule has 0 bridgehead atoms. The third-order valence-electron chi connectivity index (χ3n) is 4.59. The quantitative estimate of drug-likeness (QED) is 0.633. The maximum absolute atomic E-state index is 12.9. The number of anilines is 1. The maximum atomic E-state index is 12.9. The SMILES string of the molecule is O=C(c1ccc2[nH]c(=O)c(=O)[nH]c2c1)N1CCCN(c2ncccn2)CC1. The molecule has 1 aliphatic heterocycles. The van der Waals surface area contributed by atoms with Gasteiger partial charge in [-0.25, -0.2) is 9.97 Å². The molecule has 1 amide bonds. The largest absolute Gasteiger partial charge is 0.339 e. The lowest BCUT2D eigenvalue weighted by atomic mass is 10.1. The van der Waals surface area contributed by atoms with Gasteiger partial charge in [-0.3, -0.25) is 14.4 Å². The lowest BCUT2D eigenvalue weighted by Gasteiger charge is -2.22. The van der Waals surface area contributed by atoms with E-state index in [-0.39, 0.29) is 5.91 Å². The molecular weight excluding hydrogens is 348 g/mol. The molecule has 138 valence electrons. The standard InChI is InChI=1S/C18H18N6O3/c25-15-16(26)22-14-11-12(3-4-13(14)21-15)17(27)23-7-2-8-24(10-9-23)18-19-5-1-6-20-18/h1,3-6,11H,2,7-10H2,(H,21,25)(H,22,26). The van der Waals surface area contributed by atoms with Gasteiger partial charge in [0.1, 0.15) is 0 Å². The van der Waals surface area contributed by atoms with Gasteiger partial charge in [0, 0.05) is 44.1 Å². The Labute approximate surface area is 153 Å². The normalized spacial score (nSPS) is 15.0. The summed E-state index contributed by atoms with van der Waals surface area (Å²) in [7, 11) is 0. The van der Waals surface area contributed by atoms with E-state index in [1.54, 1.807) is 41.6 Å². The molecule has 1 aromatic carbocycles. The highest BCUT2D eigenvalue weighted by atomic mass is 16.2. The van der Waals surface area contributed by atoms with Crippen LogP contribution in [0.15, 0.2) is 46.2 Å². The van der Waals surface area contributed by atoms with E-state index in [2.05, 4.69) is 24.8 Å². The first kappa shape index (κ1) is 17.0. The molecule has 0 atom stereocenters. The molecule has 1 aliphatic rings. The van der Waals surface area contributed by atoms with Crippen LogP contribution in [0.4, 0.5) is 5.95 Å². The number of hydrogen-bond donors (Lipinski definition) is 2. The highest BCUT2D eigenvalue weighted by molar-refractivity contribution is 5.97. The van der Waals surface area contributed by atoms with Crippen LogP contribution in [-0.2, 0) is 0 Å². The average Bonchev–Trinajstić information content (AvgIpc) is 2.95. The summed E-state index contributed by atoms with van der Waals surface area (Å²) in [6, 6.07) is 6.65. The summed E-state index contributed by atoms with van der Waals surface area (Å²) < 4.78 is 0. The average molecular weight is 366 g/mol. The van der Waals surface area contributed by atoms with Crippen molar-refractivity contribution in [1.29, 1.82) is 0 Å². The predicted molar refractivity (Wildman–Crippen MR) is 100.0 cm³/mol. The molecule has 3 aromatic rings. The first-order valence-corrected chi connectivity index (χ1v) is 8.69. The Balaban J connectivity index is 1.54. The number of H-pyrrole nitrogens is 2. The topological polar surface area (TPSA) is 115 Å². The van der Waals surface area contributed by atoms with Gasteiger partial charge >= 0.3 is 11.1 Å². The summed E-state index contributed by atoms with van der Waals surface area (Å²) in [4.78, 5) is 53.2. The van der Waals surface area contributed by atoms with Crippen molar-refractivity contribution in [3.8, 4) is 0 Å². The number of hydrogen-bond acceptors (Lipinski definition) is 6. The lowest BCUT2D eigenvalue weighted by Crippen LogP contribution is -2.35. The minimum absolute atomic E-state index is 0.111. The van der Waals surface area contributed by atoms with Crippen molar-refractivity contribution in [2.45, 2.75) is 6.42 Å². The second kappa shape index (κ2) is 7.02. The van der Waals surface area contributed by atoms with Gasteiger partial charge in [-0.05, 0) is 30.7 Å². The van der Waals surface area contributed by atoms with Gasteiger partial charge < -0.3 is 19.8 Å². The number of carbonyl (C=O) groups is 1. The molecule has 4 rings (SSSR count). The van der Waals surface area contributed by atoms with Gasteiger partial charge in [0.2, 0.25) is 5.95 Å². The molecule has 2 aromatic heterocycles. The van der Waals surface area contributed by atoms with Crippen LogP contribution in [-0.4, -0.2) is 56.9 Å². The molecule has 9 nitrogen and oxygen atoms in total. The number of carbonyl (C=O) groups excluding carboxylic acids is 1. The molecule has 1 fully saturated rings. The Morgan fingerprint density at radius 1 is 0.926 bits per heavy atom. The van der Waals surface area contributed by atoms with E-state index >= 15 is 0 Å². The van der Waals surface area contributed by atoms with Gasteiger partial charge in [0.25, 0.3) is 5.91 Å². The molecule has 27 heavy (non-hydrogen) atoms. The van der Waals surface area contributed by atoms with Crippen LogP contribution in [0, 0.1) is 0 Å². The summed E-state index contributed by atoms with van der Waals surface area (Å²) in [5.41, 5.74) is -0.0636. The van der Waals surface area contributed by atoms with Crippen LogP contribution < -0.4 is 16.0 Å². The van der Waals surface area contributed by atoms with Crippen LogP contribution in [0.5, 0.6) is 0 Å². The zero-order chi connectivity index (χ0) is 18.8. The Hall–Kier alpha value is -3.49. The van der Waals surface area contributed by atoms with E-state index in [1.807, 2.05) is 0 Å². The number of amides is 1. The van der Waals surface area contributed by atoms with Crippen molar-refractivity contribution in [3.05, 3.63) is 62.9 Å². The minimum atomic E-state index is -0.736. The number of aromatic amines is 2. The molecule has 0 unspecified atom stereocenters. The van der Waals surface area contributed by atoms with Crippen molar-refractivity contribution in [3.63, 3.8) is 0 Å². The third-order valence-corrected chi connectivity index (χ3v) is 4.59. The fourth-order valence-corrected chi connectivity index (χ4v) is 3.21. The zero-order valence-electron chi connectivity index (χ0n) is 14.5. The first-order valence-electron chi connectivity index (χ1n) is 8.69. The van der Waals surface area contributed by atoms with Gasteiger partial charge in [-0.15, -0.1) is 0 Å². The summed E-state index contributed by atoms with van der Waals surface area (Å²) in [6.07, 6.45) is 4.22. The maximum Gasteiger partial charge on any atom is 0.314 e. The monoisotopic (exact) mass is 366 g/mol. The van der Waals surface area contributed by atoms with Crippen LogP contribution >= 0.6 is 0 Å². The van der Waals surface area contributed by atoms with Crippen molar-refractivity contribution < 1.29 is 4.79 Å². The fourth-order valence-electron chi connectivity index (χ4n) is 3.21. The van der Waals surface area contributed by atoms with Crippen molar-refractivity contribution in [1.82, 2.24) is 24.8 Å². The molecule has 3 heterocycles. The van der Waals surface area contributed by atoms with E-state index in [0.717, 1.165) is 13.0 Å². The van der Waals surface area contributed by atoms with Crippen LogP contribution in [0.1, 0.15) is 16.8 Å². The number of benzene rings is 1. The number of rotatable bonds is 2. The Bertz CT molecular complexity index is 1090. The Morgan fingerprint density at radius 2 is 1.67 bits per heavy atom. The van der Waals surface area contributed by atoms with Crippen LogP contribution in [0.3, 0.4) is 0 Å². The number of nitrogens with one attached hydrogen (secondary N) is 2. The van der Waals surface area contributed by atoms with Gasteiger partial charge in [0.15, 0.2) is 0 Å². The van der Waals surface area contributed by atoms with E-state index in [4.69, 9.17) is 0 Å². The smallest absolute Gasteiger partial charge is 0.314 e. The van der Waals surface area contributed by atoms with Crippen molar-refractivity contribution in [2.75, 3.05) is 31.1 Å². The second-order valence-corrected chi connectivity index (χ2v) is 6.35. The Kier molecular flexibility index (Phi) is 4.41. The zero-order valence-corrected chi connectivity index (χ0v) is 14.5. The van der Waals surface area contributed by atoms with Gasteiger partial charge in [0.05, 0.1) is 11.0 Å². The lowest BCUT2D eigenvalue weighted by molar-refractivity contribution is 0.0767. The van der Waals surface area contributed by atoms with Crippen LogP contribution in [0.2, 0.25) is 0 Å². The molecule has 0 radical (unpaired) electrons. The molecule has 0 spiro atoms. The molecule has 9 heteroatoms. The summed E-state index contributed by atoms with van der Waals surface area (Å²) in [5, 5.41) is 0. The fraction of sp³-hybridized carbons (Fsp3) is 0.278. The summed E-state index contributed by atoms with van der Waals surface area (Å²) in [6.45, 7) is 2.60. The molecule has 0 saturated carbocycles. The van der Waals surface area contributed by atoms with Gasteiger partial charge in [-0.1, -0.05) is 0 Å². The second-order valence-electron chi connectivity index (χ2n) is 6.35. The highest BCUT2D eigenvalue weighted by Gasteiger charge is 2.21. The van der Waals surface area contributed by atoms with Crippen molar-refractivity contribution >= 4 is 22.9 Å². The van der Waals surface area contributed by atoms with Gasteiger partial charge in [-0.2, -0.15) is 0 Å². The molecule has 2 N–H and O–H groups in total. The predicted octanol–water partition coefficient (Wildman–Crippen LogP) is 0.359. The van der Waals surface area contributed by atoms with E-state index in [1.165, 1.54) is 0 Å². The van der Waals surface area contributed by atoms with E-state index < -0.39 is 11.1 Å². The highest BCUT2D eigenvalue weighted by Crippen LogP contribution is 2.15. The molecule has 0 aliphatic carbocycles. The van der Waals surface area contributed by atoms with E-state index in [0.29, 0.717) is 42.2 Å². The van der Waals surface area contributed by atoms with Crippen molar-refractivity contribution in [2.24, 2.45) is 0 Å². The summed E-state index contributed by atoms with van der Waals surface area (Å²) in [5.74, 6) is 0.554. The van der Waals surface area contributed by atoms with Crippen LogP contribution in [0.25, 0.3) is 11.0 Å². The third kappa shape index (κ3) is 3.43. The minimum Gasteiger partial charge on any atom is -0.339 e. The van der Waals surface area contributed by atoms with E-state index in [9.17, 15) is 14.4 Å². The first-order chi connectivity index (χ1) is 13.1. The Morgan fingerprint density at radius 3 is 2.44 bits per heavy atom. The molecular formula is C18H18N6O3. The number of aromatic nitrogens is 4. The molecule has 1 saturated heterocycles.